The van der Waals surface area contributed by atoms with Gasteiger partial charge in [-0.2, -0.15) is 0 Å². The Balaban J connectivity index is 2.70. The van der Waals surface area contributed by atoms with Crippen LogP contribution in [0.15, 0.2) is 28.7 Å². The standard InChI is InChI=1S/C12H14BrNO2/c1-3-11(15)8-12(16)14(2)10-6-4-9(13)5-7-10/h4-7H,3,8H2,1-2H3. The van der Waals surface area contributed by atoms with Crippen molar-refractivity contribution in [2.75, 3.05) is 11.9 Å². The second kappa shape index (κ2) is 5.80. The first-order chi connectivity index (χ1) is 7.54. The Morgan fingerprint density at radius 1 is 1.25 bits per heavy atom. The van der Waals surface area contributed by atoms with Crippen molar-refractivity contribution in [1.82, 2.24) is 0 Å². The molecule has 3 nitrogen and oxygen atoms in total. The molecule has 1 aromatic rings. The zero-order valence-electron chi connectivity index (χ0n) is 9.37. The molecule has 0 atom stereocenters. The van der Waals surface area contributed by atoms with Crippen LogP contribution < -0.4 is 4.90 Å². The van der Waals surface area contributed by atoms with Gasteiger partial charge in [0.1, 0.15) is 5.78 Å². The summed E-state index contributed by atoms with van der Waals surface area (Å²) in [6, 6.07) is 7.39. The summed E-state index contributed by atoms with van der Waals surface area (Å²) >= 11 is 3.33. The number of benzene rings is 1. The van der Waals surface area contributed by atoms with Gasteiger partial charge in [0.15, 0.2) is 0 Å². The largest absolute Gasteiger partial charge is 0.315 e. The molecule has 86 valence electrons. The summed E-state index contributed by atoms with van der Waals surface area (Å²) in [6.07, 6.45) is 0.378. The number of carbonyl (C=O) groups is 2. The number of carbonyl (C=O) groups excluding carboxylic acids is 2. The van der Waals surface area contributed by atoms with E-state index in [-0.39, 0.29) is 18.1 Å². The molecule has 0 saturated heterocycles. The van der Waals surface area contributed by atoms with Crippen LogP contribution in [0.4, 0.5) is 5.69 Å². The lowest BCUT2D eigenvalue weighted by Crippen LogP contribution is -2.28. The Hall–Kier alpha value is -1.16. The number of amides is 1. The second-order valence-electron chi connectivity index (χ2n) is 3.50. The van der Waals surface area contributed by atoms with Gasteiger partial charge in [-0.3, -0.25) is 9.59 Å². The van der Waals surface area contributed by atoms with Gasteiger partial charge in [0.25, 0.3) is 0 Å². The van der Waals surface area contributed by atoms with E-state index >= 15 is 0 Å². The van der Waals surface area contributed by atoms with Crippen molar-refractivity contribution < 1.29 is 9.59 Å². The maximum Gasteiger partial charge on any atom is 0.234 e. The highest BCUT2D eigenvalue weighted by Gasteiger charge is 2.13. The third-order valence-corrected chi connectivity index (χ3v) is 2.86. The molecule has 0 bridgehead atoms. The molecule has 0 spiro atoms. The molecule has 0 fully saturated rings. The monoisotopic (exact) mass is 283 g/mol. The highest BCUT2D eigenvalue weighted by Crippen LogP contribution is 2.17. The van der Waals surface area contributed by atoms with Crippen LogP contribution >= 0.6 is 15.9 Å². The van der Waals surface area contributed by atoms with E-state index < -0.39 is 0 Å². The number of hydrogen-bond donors (Lipinski definition) is 0. The van der Waals surface area contributed by atoms with Crippen molar-refractivity contribution in [2.45, 2.75) is 19.8 Å². The third-order valence-electron chi connectivity index (χ3n) is 2.33. The van der Waals surface area contributed by atoms with Gasteiger partial charge >= 0.3 is 0 Å². The van der Waals surface area contributed by atoms with E-state index in [9.17, 15) is 9.59 Å². The van der Waals surface area contributed by atoms with Gasteiger partial charge in [0.05, 0.1) is 6.42 Å². The van der Waals surface area contributed by atoms with Crippen molar-refractivity contribution in [2.24, 2.45) is 0 Å². The second-order valence-corrected chi connectivity index (χ2v) is 4.41. The molecular weight excluding hydrogens is 270 g/mol. The fourth-order valence-corrected chi connectivity index (χ4v) is 1.49. The summed E-state index contributed by atoms with van der Waals surface area (Å²) in [5.74, 6) is -0.205. The molecule has 0 saturated carbocycles. The van der Waals surface area contributed by atoms with Crippen molar-refractivity contribution in [3.63, 3.8) is 0 Å². The Morgan fingerprint density at radius 2 is 1.81 bits per heavy atom. The molecule has 1 rings (SSSR count). The quantitative estimate of drug-likeness (QED) is 0.797. The van der Waals surface area contributed by atoms with E-state index in [1.54, 1.807) is 14.0 Å². The number of hydrogen-bond acceptors (Lipinski definition) is 2. The lowest BCUT2D eigenvalue weighted by molar-refractivity contribution is -0.126. The number of ketones is 1. The fourth-order valence-electron chi connectivity index (χ4n) is 1.22. The number of anilines is 1. The molecule has 0 unspecified atom stereocenters. The molecule has 0 N–H and O–H groups in total. The van der Waals surface area contributed by atoms with E-state index in [4.69, 9.17) is 0 Å². The Kier molecular flexibility index (Phi) is 4.68. The van der Waals surface area contributed by atoms with Gasteiger partial charge in [-0.25, -0.2) is 0 Å². The number of halogens is 1. The zero-order chi connectivity index (χ0) is 12.1. The number of Topliss-reactive ketones (excluding diaryl/α,β-unsaturated/α-hetero) is 1. The van der Waals surface area contributed by atoms with Gasteiger partial charge in [-0.1, -0.05) is 22.9 Å². The highest BCUT2D eigenvalue weighted by atomic mass is 79.9. The average molecular weight is 284 g/mol. The van der Waals surface area contributed by atoms with Crippen LogP contribution in [0.1, 0.15) is 19.8 Å². The summed E-state index contributed by atoms with van der Waals surface area (Å²) in [7, 11) is 1.68. The van der Waals surface area contributed by atoms with E-state index in [1.165, 1.54) is 4.90 Å². The molecule has 4 heteroatoms. The van der Waals surface area contributed by atoms with E-state index in [0.29, 0.717) is 6.42 Å². The normalized spacial score (nSPS) is 9.94. The van der Waals surface area contributed by atoms with E-state index in [1.807, 2.05) is 24.3 Å². The van der Waals surface area contributed by atoms with Crippen LogP contribution in [0.3, 0.4) is 0 Å². The lowest BCUT2D eigenvalue weighted by Gasteiger charge is -2.16. The third kappa shape index (κ3) is 3.45. The highest BCUT2D eigenvalue weighted by molar-refractivity contribution is 9.10. The molecular formula is C12H14BrNO2. The predicted molar refractivity (Wildman–Crippen MR) is 67.5 cm³/mol. The summed E-state index contributed by atoms with van der Waals surface area (Å²) in [4.78, 5) is 24.3. The van der Waals surface area contributed by atoms with Crippen LogP contribution in [-0.2, 0) is 9.59 Å². The Morgan fingerprint density at radius 3 is 2.31 bits per heavy atom. The Labute approximate surface area is 104 Å². The minimum absolute atomic E-state index is 0.0247. The van der Waals surface area contributed by atoms with Crippen LogP contribution in [0.25, 0.3) is 0 Å². The molecule has 0 radical (unpaired) electrons. The molecule has 1 amide bonds. The van der Waals surface area contributed by atoms with Crippen molar-refractivity contribution in [3.8, 4) is 0 Å². The van der Waals surface area contributed by atoms with Crippen molar-refractivity contribution >= 4 is 33.3 Å². The molecule has 0 heterocycles. The molecule has 0 aromatic heterocycles. The van der Waals surface area contributed by atoms with Gasteiger partial charge < -0.3 is 4.90 Å². The van der Waals surface area contributed by atoms with Gasteiger partial charge in [0, 0.05) is 23.6 Å². The summed E-state index contributed by atoms with van der Waals surface area (Å²) < 4.78 is 0.960. The summed E-state index contributed by atoms with van der Waals surface area (Å²) in [5, 5.41) is 0. The predicted octanol–water partition coefficient (Wildman–Crippen LogP) is 2.78. The summed E-state index contributed by atoms with van der Waals surface area (Å²) in [5.41, 5.74) is 0.789. The molecule has 16 heavy (non-hydrogen) atoms. The van der Waals surface area contributed by atoms with Crippen LogP contribution in [0, 0.1) is 0 Å². The average Bonchev–Trinajstić information content (AvgIpc) is 2.28. The molecule has 1 aromatic carbocycles. The topological polar surface area (TPSA) is 37.4 Å². The first-order valence-corrected chi connectivity index (χ1v) is 5.87. The van der Waals surface area contributed by atoms with E-state index in [0.717, 1.165) is 10.2 Å². The van der Waals surface area contributed by atoms with Gasteiger partial charge in [-0.05, 0) is 24.3 Å². The number of rotatable bonds is 4. The smallest absolute Gasteiger partial charge is 0.234 e. The maximum absolute atomic E-state index is 11.7. The zero-order valence-corrected chi connectivity index (χ0v) is 11.0. The minimum Gasteiger partial charge on any atom is -0.315 e. The number of nitrogens with zero attached hydrogens (tertiary/aromatic N) is 1. The molecule has 0 aliphatic carbocycles. The first kappa shape index (κ1) is 12.9. The first-order valence-electron chi connectivity index (χ1n) is 5.08. The van der Waals surface area contributed by atoms with E-state index in [2.05, 4.69) is 15.9 Å². The van der Waals surface area contributed by atoms with Crippen LogP contribution in [0.5, 0.6) is 0 Å². The minimum atomic E-state index is -0.172. The lowest BCUT2D eigenvalue weighted by atomic mass is 10.2. The van der Waals surface area contributed by atoms with Gasteiger partial charge in [0.2, 0.25) is 5.91 Å². The fraction of sp³-hybridized carbons (Fsp3) is 0.333. The van der Waals surface area contributed by atoms with Crippen LogP contribution in [-0.4, -0.2) is 18.7 Å². The molecule has 0 aliphatic heterocycles. The van der Waals surface area contributed by atoms with Crippen molar-refractivity contribution in [1.29, 1.82) is 0 Å². The SMILES string of the molecule is CCC(=O)CC(=O)N(C)c1ccc(Br)cc1. The Bertz CT molecular complexity index is 387. The van der Waals surface area contributed by atoms with Gasteiger partial charge in [-0.15, -0.1) is 0 Å². The van der Waals surface area contributed by atoms with Crippen LogP contribution in [0.2, 0.25) is 0 Å². The summed E-state index contributed by atoms with van der Waals surface area (Å²) in [6.45, 7) is 1.76. The maximum atomic E-state index is 11.7. The molecule has 0 aliphatic rings. The van der Waals surface area contributed by atoms with Crippen molar-refractivity contribution in [3.05, 3.63) is 28.7 Å².